The molecule has 2 N–H and O–H groups in total. The van der Waals surface area contributed by atoms with Gasteiger partial charge in [-0.3, -0.25) is 0 Å². The van der Waals surface area contributed by atoms with E-state index < -0.39 is 0 Å². The molecule has 0 unspecified atom stereocenters. The summed E-state index contributed by atoms with van der Waals surface area (Å²) in [5, 5.41) is 6.16. The maximum absolute atomic E-state index is 5.77. The first-order valence-electron chi connectivity index (χ1n) is 7.98. The van der Waals surface area contributed by atoms with Crippen LogP contribution in [0, 0.1) is 0 Å². The van der Waals surface area contributed by atoms with Gasteiger partial charge in [0, 0.05) is 25.5 Å². The Balaban J connectivity index is 1.86. The molecule has 0 saturated heterocycles. The van der Waals surface area contributed by atoms with E-state index in [1.165, 1.54) is 0 Å². The Kier molecular flexibility index (Phi) is 6.62. The molecule has 0 aliphatic carbocycles. The molecule has 1 aromatic carbocycles. The molecule has 6 heteroatoms. The van der Waals surface area contributed by atoms with Crippen LogP contribution < -0.4 is 15.4 Å². The fourth-order valence-corrected chi connectivity index (χ4v) is 2.15. The standard InChI is InChI=1S/C17H25N5O/c1-4-22(5-2)12-13-23-15-8-6-14(7-9-15)20-17-19-11-10-16(18-3)21-17/h6-11H,4-5,12-13H2,1-3H3,(H2,18,19,20,21). The van der Waals surface area contributed by atoms with Crippen molar-refractivity contribution in [2.45, 2.75) is 13.8 Å². The molecular formula is C17H25N5O. The first kappa shape index (κ1) is 17.0. The molecule has 1 aromatic heterocycles. The molecular weight excluding hydrogens is 290 g/mol. The van der Waals surface area contributed by atoms with Crippen LogP contribution in [0.15, 0.2) is 36.5 Å². The van der Waals surface area contributed by atoms with Gasteiger partial charge >= 0.3 is 0 Å². The Morgan fingerprint density at radius 3 is 2.48 bits per heavy atom. The fraction of sp³-hybridized carbons (Fsp3) is 0.412. The van der Waals surface area contributed by atoms with E-state index >= 15 is 0 Å². The monoisotopic (exact) mass is 315 g/mol. The third kappa shape index (κ3) is 5.41. The zero-order chi connectivity index (χ0) is 16.5. The van der Waals surface area contributed by atoms with Crippen LogP contribution in [-0.2, 0) is 0 Å². The van der Waals surface area contributed by atoms with Crippen LogP contribution >= 0.6 is 0 Å². The third-order valence-corrected chi connectivity index (χ3v) is 3.59. The van der Waals surface area contributed by atoms with Crippen molar-refractivity contribution in [2.75, 3.05) is 43.9 Å². The molecule has 0 amide bonds. The summed E-state index contributed by atoms with van der Waals surface area (Å²) in [6.07, 6.45) is 1.71. The van der Waals surface area contributed by atoms with Gasteiger partial charge in [0.25, 0.3) is 0 Å². The van der Waals surface area contributed by atoms with E-state index in [9.17, 15) is 0 Å². The summed E-state index contributed by atoms with van der Waals surface area (Å²) in [5.74, 6) is 2.21. The van der Waals surface area contributed by atoms with Gasteiger partial charge in [-0.2, -0.15) is 4.98 Å². The quantitative estimate of drug-likeness (QED) is 0.742. The summed E-state index contributed by atoms with van der Waals surface area (Å²) in [7, 11) is 1.83. The summed E-state index contributed by atoms with van der Waals surface area (Å²) in [6, 6.07) is 9.64. The highest BCUT2D eigenvalue weighted by Gasteiger charge is 2.02. The Labute approximate surface area is 137 Å². The summed E-state index contributed by atoms with van der Waals surface area (Å²) >= 11 is 0. The molecule has 23 heavy (non-hydrogen) atoms. The topological polar surface area (TPSA) is 62.3 Å². The Morgan fingerprint density at radius 2 is 1.83 bits per heavy atom. The second-order valence-corrected chi connectivity index (χ2v) is 5.04. The lowest BCUT2D eigenvalue weighted by Gasteiger charge is -2.18. The second kappa shape index (κ2) is 8.95. The van der Waals surface area contributed by atoms with Crippen molar-refractivity contribution in [1.82, 2.24) is 14.9 Å². The lowest BCUT2D eigenvalue weighted by Crippen LogP contribution is -2.27. The van der Waals surface area contributed by atoms with Gasteiger partial charge in [0.2, 0.25) is 5.95 Å². The normalized spacial score (nSPS) is 10.6. The first-order valence-corrected chi connectivity index (χ1v) is 7.98. The van der Waals surface area contributed by atoms with E-state index in [0.29, 0.717) is 12.6 Å². The fourth-order valence-electron chi connectivity index (χ4n) is 2.15. The molecule has 0 aliphatic rings. The molecule has 0 fully saturated rings. The van der Waals surface area contributed by atoms with E-state index in [1.54, 1.807) is 6.20 Å². The maximum atomic E-state index is 5.77. The summed E-state index contributed by atoms with van der Waals surface area (Å²) < 4.78 is 5.77. The molecule has 2 aromatic rings. The third-order valence-electron chi connectivity index (χ3n) is 3.59. The lowest BCUT2D eigenvalue weighted by molar-refractivity contribution is 0.223. The van der Waals surface area contributed by atoms with E-state index in [0.717, 1.165) is 36.9 Å². The van der Waals surface area contributed by atoms with E-state index in [2.05, 4.69) is 39.3 Å². The number of ether oxygens (including phenoxy) is 1. The van der Waals surface area contributed by atoms with E-state index in [-0.39, 0.29) is 0 Å². The molecule has 0 aliphatic heterocycles. The predicted molar refractivity (Wildman–Crippen MR) is 94.6 cm³/mol. The minimum absolute atomic E-state index is 0.562. The van der Waals surface area contributed by atoms with Gasteiger partial charge in [-0.25, -0.2) is 4.98 Å². The van der Waals surface area contributed by atoms with Crippen molar-refractivity contribution >= 4 is 17.5 Å². The van der Waals surface area contributed by atoms with Gasteiger partial charge in [-0.15, -0.1) is 0 Å². The highest BCUT2D eigenvalue weighted by molar-refractivity contribution is 5.55. The second-order valence-electron chi connectivity index (χ2n) is 5.04. The first-order chi connectivity index (χ1) is 11.2. The van der Waals surface area contributed by atoms with Gasteiger partial charge in [0.1, 0.15) is 18.2 Å². The predicted octanol–water partition coefficient (Wildman–Crippen LogP) is 2.98. The van der Waals surface area contributed by atoms with Crippen LogP contribution in [-0.4, -0.2) is 48.2 Å². The molecule has 0 atom stereocenters. The van der Waals surface area contributed by atoms with Crippen LogP contribution in [0.2, 0.25) is 0 Å². The summed E-state index contributed by atoms with van der Waals surface area (Å²) in [5.41, 5.74) is 0.925. The molecule has 2 rings (SSSR count). The zero-order valence-electron chi connectivity index (χ0n) is 14.0. The molecule has 1 heterocycles. The average molecular weight is 315 g/mol. The number of nitrogens with one attached hydrogen (secondary N) is 2. The molecule has 6 nitrogen and oxygen atoms in total. The average Bonchev–Trinajstić information content (AvgIpc) is 2.60. The molecule has 0 saturated carbocycles. The van der Waals surface area contributed by atoms with Crippen LogP contribution in [0.4, 0.5) is 17.5 Å². The van der Waals surface area contributed by atoms with Gasteiger partial charge in [-0.1, -0.05) is 13.8 Å². The van der Waals surface area contributed by atoms with Crippen LogP contribution in [0.3, 0.4) is 0 Å². The number of hydrogen-bond acceptors (Lipinski definition) is 6. The van der Waals surface area contributed by atoms with Crippen molar-refractivity contribution in [1.29, 1.82) is 0 Å². The van der Waals surface area contributed by atoms with Crippen molar-refractivity contribution in [3.8, 4) is 5.75 Å². The van der Waals surface area contributed by atoms with E-state index in [1.807, 2.05) is 37.4 Å². The van der Waals surface area contributed by atoms with Crippen molar-refractivity contribution in [3.05, 3.63) is 36.5 Å². The van der Waals surface area contributed by atoms with Gasteiger partial charge in [0.05, 0.1) is 0 Å². The summed E-state index contributed by atoms with van der Waals surface area (Å²) in [4.78, 5) is 10.9. The number of nitrogens with zero attached hydrogens (tertiary/aromatic N) is 3. The molecule has 0 spiro atoms. The minimum Gasteiger partial charge on any atom is -0.492 e. The van der Waals surface area contributed by atoms with E-state index in [4.69, 9.17) is 4.74 Å². The number of rotatable bonds is 9. The number of aromatic nitrogens is 2. The number of likely N-dealkylation sites (N-methyl/N-ethyl adjacent to an activating group) is 1. The highest BCUT2D eigenvalue weighted by atomic mass is 16.5. The number of hydrogen-bond donors (Lipinski definition) is 2. The maximum Gasteiger partial charge on any atom is 0.229 e. The van der Waals surface area contributed by atoms with Crippen molar-refractivity contribution < 1.29 is 4.74 Å². The number of benzene rings is 1. The smallest absolute Gasteiger partial charge is 0.229 e. The van der Waals surface area contributed by atoms with Crippen LogP contribution in [0.5, 0.6) is 5.75 Å². The van der Waals surface area contributed by atoms with Gasteiger partial charge in [-0.05, 0) is 43.4 Å². The Bertz CT molecular complexity index is 584. The number of anilines is 3. The van der Waals surface area contributed by atoms with Crippen LogP contribution in [0.1, 0.15) is 13.8 Å². The SMILES string of the molecule is CCN(CC)CCOc1ccc(Nc2nccc(NC)n2)cc1. The van der Waals surface area contributed by atoms with Crippen molar-refractivity contribution in [2.24, 2.45) is 0 Å². The lowest BCUT2D eigenvalue weighted by atomic mass is 10.3. The van der Waals surface area contributed by atoms with Crippen molar-refractivity contribution in [3.63, 3.8) is 0 Å². The molecule has 0 bridgehead atoms. The zero-order valence-corrected chi connectivity index (χ0v) is 14.0. The van der Waals surface area contributed by atoms with Gasteiger partial charge in [0.15, 0.2) is 0 Å². The molecule has 124 valence electrons. The molecule has 0 radical (unpaired) electrons. The minimum atomic E-state index is 0.562. The Morgan fingerprint density at radius 1 is 1.09 bits per heavy atom. The summed E-state index contributed by atoms with van der Waals surface area (Å²) in [6.45, 7) is 8.06. The van der Waals surface area contributed by atoms with Crippen LogP contribution in [0.25, 0.3) is 0 Å². The van der Waals surface area contributed by atoms with Gasteiger partial charge < -0.3 is 20.3 Å². The largest absolute Gasteiger partial charge is 0.492 e. The Hall–Kier alpha value is -2.34. The highest BCUT2D eigenvalue weighted by Crippen LogP contribution is 2.18.